The van der Waals surface area contributed by atoms with Gasteiger partial charge >= 0.3 is 0 Å². The molecule has 14 heavy (non-hydrogen) atoms. The summed E-state index contributed by atoms with van der Waals surface area (Å²) < 4.78 is 0. The molecule has 0 aliphatic heterocycles. The lowest BCUT2D eigenvalue weighted by atomic mass is 9.82. The average molecular weight is 193 g/mol. The summed E-state index contributed by atoms with van der Waals surface area (Å²) >= 11 is 0. The summed E-state index contributed by atoms with van der Waals surface area (Å²) in [6.45, 7) is 5.84. The van der Waals surface area contributed by atoms with Crippen molar-refractivity contribution in [1.29, 1.82) is 0 Å². The van der Waals surface area contributed by atoms with E-state index < -0.39 is 0 Å². The van der Waals surface area contributed by atoms with Crippen LogP contribution in [0.5, 0.6) is 0 Å². The number of allylic oxidation sites excluding steroid dienone is 4. The van der Waals surface area contributed by atoms with Crippen LogP contribution in [0.25, 0.3) is 0 Å². The molecule has 3 heteroatoms. The van der Waals surface area contributed by atoms with E-state index in [0.29, 0.717) is 5.57 Å². The number of carbonyl (C=O) groups excluding carboxylic acids is 1. The molecule has 0 fully saturated rings. The third kappa shape index (κ3) is 1.92. The molecule has 1 atom stereocenters. The van der Waals surface area contributed by atoms with E-state index in [1.54, 1.807) is 0 Å². The van der Waals surface area contributed by atoms with Crippen molar-refractivity contribution in [3.8, 4) is 0 Å². The molecule has 1 aliphatic rings. The van der Waals surface area contributed by atoms with E-state index >= 15 is 0 Å². The van der Waals surface area contributed by atoms with Crippen LogP contribution in [0.15, 0.2) is 28.5 Å². The van der Waals surface area contributed by atoms with Gasteiger partial charge in [0.05, 0.1) is 6.21 Å². The van der Waals surface area contributed by atoms with E-state index in [1.807, 2.05) is 32.9 Å². The monoisotopic (exact) mass is 193 g/mol. The van der Waals surface area contributed by atoms with Gasteiger partial charge in [-0.05, 0) is 18.4 Å². The number of carbonyl (C=O) groups is 1. The maximum absolute atomic E-state index is 11.9. The van der Waals surface area contributed by atoms with Gasteiger partial charge in [0.1, 0.15) is 0 Å². The van der Waals surface area contributed by atoms with Crippen LogP contribution in [0.2, 0.25) is 0 Å². The minimum absolute atomic E-state index is 0.0396. The third-order valence-corrected chi connectivity index (χ3v) is 2.45. The molecule has 0 aromatic rings. The Balaban J connectivity index is 3.03. The highest BCUT2D eigenvalue weighted by Gasteiger charge is 2.25. The van der Waals surface area contributed by atoms with Gasteiger partial charge in [0.25, 0.3) is 0 Å². The highest BCUT2D eigenvalue weighted by molar-refractivity contribution is 6.16. The molecule has 76 valence electrons. The number of hydrogen-bond donors (Lipinski definition) is 1. The molecule has 3 nitrogen and oxygen atoms in total. The first-order valence-corrected chi connectivity index (χ1v) is 4.68. The SMILES string of the molecule is CC1=C(/C=N\O)C(=O)[C@H](C(C)C)C=C1. The van der Waals surface area contributed by atoms with Gasteiger partial charge in [-0.25, -0.2) is 0 Å². The van der Waals surface area contributed by atoms with Crippen LogP contribution in [0.4, 0.5) is 0 Å². The quantitative estimate of drug-likeness (QED) is 0.415. The first-order valence-electron chi connectivity index (χ1n) is 4.68. The minimum Gasteiger partial charge on any atom is -0.411 e. The lowest BCUT2D eigenvalue weighted by Crippen LogP contribution is -2.24. The summed E-state index contributed by atoms with van der Waals surface area (Å²) in [7, 11) is 0. The van der Waals surface area contributed by atoms with Crippen LogP contribution in [-0.4, -0.2) is 17.2 Å². The molecule has 1 rings (SSSR count). The molecule has 0 radical (unpaired) electrons. The van der Waals surface area contributed by atoms with E-state index in [2.05, 4.69) is 5.16 Å². The first-order chi connectivity index (χ1) is 6.57. The number of hydrogen-bond acceptors (Lipinski definition) is 3. The van der Waals surface area contributed by atoms with Crippen molar-refractivity contribution < 1.29 is 10.0 Å². The van der Waals surface area contributed by atoms with Crippen LogP contribution >= 0.6 is 0 Å². The molecule has 0 saturated carbocycles. The van der Waals surface area contributed by atoms with Gasteiger partial charge in [-0.1, -0.05) is 31.2 Å². The second-order valence-corrected chi connectivity index (χ2v) is 3.83. The Morgan fingerprint density at radius 3 is 2.71 bits per heavy atom. The van der Waals surface area contributed by atoms with Gasteiger partial charge in [-0.2, -0.15) is 0 Å². The zero-order valence-corrected chi connectivity index (χ0v) is 8.69. The van der Waals surface area contributed by atoms with E-state index in [1.165, 1.54) is 6.21 Å². The molecule has 1 aliphatic carbocycles. The number of ketones is 1. The van der Waals surface area contributed by atoms with Crippen molar-refractivity contribution >= 4 is 12.0 Å². The lowest BCUT2D eigenvalue weighted by Gasteiger charge is -2.20. The summed E-state index contributed by atoms with van der Waals surface area (Å²) in [6, 6.07) is 0. The molecule has 0 bridgehead atoms. The summed E-state index contributed by atoms with van der Waals surface area (Å²) in [4.78, 5) is 11.9. The fraction of sp³-hybridized carbons (Fsp3) is 0.455. The molecule has 0 amide bonds. The van der Waals surface area contributed by atoms with Gasteiger partial charge in [0, 0.05) is 11.5 Å². The maximum Gasteiger partial charge on any atom is 0.171 e. The molecular weight excluding hydrogens is 178 g/mol. The Hall–Kier alpha value is -1.38. The highest BCUT2D eigenvalue weighted by atomic mass is 16.4. The largest absolute Gasteiger partial charge is 0.411 e. The van der Waals surface area contributed by atoms with Gasteiger partial charge in [-0.15, -0.1) is 0 Å². The van der Waals surface area contributed by atoms with Crippen LogP contribution in [0.3, 0.4) is 0 Å². The molecule has 0 unspecified atom stereocenters. The smallest absolute Gasteiger partial charge is 0.171 e. The van der Waals surface area contributed by atoms with Crippen molar-refractivity contribution in [3.05, 3.63) is 23.3 Å². The summed E-state index contributed by atoms with van der Waals surface area (Å²) in [5, 5.41) is 11.4. The van der Waals surface area contributed by atoms with E-state index in [4.69, 9.17) is 5.21 Å². The standard InChI is InChI=1S/C11H15NO2/c1-7(2)9-5-4-8(3)10(6-12-14)11(9)13/h4-7,9,14H,1-3H3/b12-6-/t9-/m0/s1. The summed E-state index contributed by atoms with van der Waals surface area (Å²) in [5.41, 5.74) is 1.36. The molecule has 0 aromatic heterocycles. The van der Waals surface area contributed by atoms with Gasteiger partial charge < -0.3 is 5.21 Å². The topological polar surface area (TPSA) is 49.7 Å². The Morgan fingerprint density at radius 1 is 1.57 bits per heavy atom. The van der Waals surface area contributed by atoms with Gasteiger partial charge in [-0.3, -0.25) is 4.79 Å². The van der Waals surface area contributed by atoms with Crippen LogP contribution in [-0.2, 0) is 4.79 Å². The summed E-state index contributed by atoms with van der Waals surface area (Å²) in [5.74, 6) is 0.221. The average Bonchev–Trinajstić information content (AvgIpc) is 2.11. The van der Waals surface area contributed by atoms with Crippen molar-refractivity contribution in [1.82, 2.24) is 0 Å². The predicted molar refractivity (Wildman–Crippen MR) is 55.5 cm³/mol. The Labute approximate surface area is 83.8 Å². The van der Waals surface area contributed by atoms with Gasteiger partial charge in [0.15, 0.2) is 5.78 Å². The normalized spacial score (nSPS) is 22.9. The zero-order chi connectivity index (χ0) is 10.7. The number of oxime groups is 1. The van der Waals surface area contributed by atoms with Gasteiger partial charge in [0.2, 0.25) is 0 Å². The summed E-state index contributed by atoms with van der Waals surface area (Å²) in [6.07, 6.45) is 5.04. The van der Waals surface area contributed by atoms with Crippen LogP contribution in [0.1, 0.15) is 20.8 Å². The van der Waals surface area contributed by atoms with E-state index in [9.17, 15) is 4.79 Å². The molecular formula is C11H15NO2. The molecule has 0 aromatic carbocycles. The van der Waals surface area contributed by atoms with Crippen molar-refractivity contribution in [2.24, 2.45) is 17.0 Å². The van der Waals surface area contributed by atoms with Crippen molar-refractivity contribution in [3.63, 3.8) is 0 Å². The zero-order valence-electron chi connectivity index (χ0n) is 8.69. The Bertz CT molecular complexity index is 324. The first kappa shape index (κ1) is 10.7. The van der Waals surface area contributed by atoms with Crippen LogP contribution < -0.4 is 0 Å². The molecule has 0 saturated heterocycles. The van der Waals surface area contributed by atoms with E-state index in [0.717, 1.165) is 5.57 Å². The minimum atomic E-state index is -0.0910. The second kappa shape index (κ2) is 4.22. The number of rotatable bonds is 2. The Morgan fingerprint density at radius 2 is 2.21 bits per heavy atom. The second-order valence-electron chi connectivity index (χ2n) is 3.83. The molecule has 0 heterocycles. The fourth-order valence-corrected chi connectivity index (χ4v) is 1.55. The maximum atomic E-state index is 11.9. The predicted octanol–water partition coefficient (Wildman–Crippen LogP) is 2.17. The highest BCUT2D eigenvalue weighted by Crippen LogP contribution is 2.24. The number of nitrogens with zero attached hydrogens (tertiary/aromatic N) is 1. The fourth-order valence-electron chi connectivity index (χ4n) is 1.55. The van der Waals surface area contributed by atoms with Crippen molar-refractivity contribution in [2.75, 3.05) is 0 Å². The van der Waals surface area contributed by atoms with E-state index in [-0.39, 0.29) is 17.6 Å². The lowest BCUT2D eigenvalue weighted by molar-refractivity contribution is -0.118. The molecule has 1 N–H and O–H groups in total. The molecule has 0 spiro atoms. The van der Waals surface area contributed by atoms with Crippen LogP contribution in [0, 0.1) is 11.8 Å². The third-order valence-electron chi connectivity index (χ3n) is 2.45. The number of Topliss-reactive ketones (excluding diaryl/α,β-unsaturated/α-hetero) is 1. The van der Waals surface area contributed by atoms with Crippen molar-refractivity contribution in [2.45, 2.75) is 20.8 Å². The Kier molecular flexibility index (Phi) is 3.23.